The van der Waals surface area contributed by atoms with Crippen LogP contribution >= 0.6 is 0 Å². The lowest BCUT2D eigenvalue weighted by Crippen LogP contribution is -2.09. The van der Waals surface area contributed by atoms with Crippen molar-refractivity contribution in [3.8, 4) is 0 Å². The lowest BCUT2D eigenvalue weighted by molar-refractivity contribution is 0.109. The number of hydrogen-bond donors (Lipinski definition) is 1. The van der Waals surface area contributed by atoms with E-state index in [4.69, 9.17) is 0 Å². The van der Waals surface area contributed by atoms with Gasteiger partial charge in [0.1, 0.15) is 0 Å². The van der Waals surface area contributed by atoms with Gasteiger partial charge in [-0.1, -0.05) is 43.7 Å². The minimum absolute atomic E-state index is 0.249. The van der Waals surface area contributed by atoms with Crippen LogP contribution in [0, 0.1) is 11.8 Å². The van der Waals surface area contributed by atoms with Crippen LogP contribution in [0.15, 0.2) is 30.3 Å². The molecule has 0 radical (unpaired) electrons. The third kappa shape index (κ3) is 1.98. The molecule has 76 valence electrons. The van der Waals surface area contributed by atoms with Gasteiger partial charge in [0.05, 0.1) is 6.10 Å². The zero-order valence-electron chi connectivity index (χ0n) is 8.69. The maximum Gasteiger partial charge on any atom is 0.0818 e. The van der Waals surface area contributed by atoms with Crippen molar-refractivity contribution in [3.05, 3.63) is 35.9 Å². The van der Waals surface area contributed by atoms with Gasteiger partial charge in [-0.25, -0.2) is 0 Å². The quantitative estimate of drug-likeness (QED) is 0.759. The van der Waals surface area contributed by atoms with E-state index in [1.54, 1.807) is 0 Å². The molecule has 1 aromatic carbocycles. The lowest BCUT2D eigenvalue weighted by Gasteiger charge is -2.18. The monoisotopic (exact) mass is 190 g/mol. The summed E-state index contributed by atoms with van der Waals surface area (Å²) in [5, 5.41) is 10.1. The van der Waals surface area contributed by atoms with E-state index in [0.29, 0.717) is 5.92 Å². The molecule has 14 heavy (non-hydrogen) atoms. The molecule has 0 heterocycles. The Bertz CT molecular complexity index is 281. The Morgan fingerprint density at radius 1 is 1.21 bits per heavy atom. The Labute approximate surface area is 85.8 Å². The van der Waals surface area contributed by atoms with Crippen molar-refractivity contribution in [3.63, 3.8) is 0 Å². The molecule has 1 nitrogen and oxygen atoms in total. The van der Waals surface area contributed by atoms with Crippen molar-refractivity contribution in [2.45, 2.75) is 32.3 Å². The van der Waals surface area contributed by atoms with Crippen molar-refractivity contribution in [2.75, 3.05) is 0 Å². The van der Waals surface area contributed by atoms with Crippen LogP contribution in [-0.4, -0.2) is 5.11 Å². The van der Waals surface area contributed by atoms with Crippen molar-refractivity contribution >= 4 is 0 Å². The van der Waals surface area contributed by atoms with Gasteiger partial charge in [0.25, 0.3) is 0 Å². The molecule has 1 N–H and O–H groups in total. The summed E-state index contributed by atoms with van der Waals surface area (Å²) in [6.45, 7) is 2.28. The van der Waals surface area contributed by atoms with Crippen molar-refractivity contribution < 1.29 is 5.11 Å². The largest absolute Gasteiger partial charge is 0.388 e. The average molecular weight is 190 g/mol. The van der Waals surface area contributed by atoms with E-state index in [1.807, 2.05) is 30.3 Å². The van der Waals surface area contributed by atoms with Crippen molar-refractivity contribution in [2.24, 2.45) is 11.8 Å². The fraction of sp³-hybridized carbons (Fsp3) is 0.538. The molecule has 0 saturated heterocycles. The maximum absolute atomic E-state index is 10.1. The van der Waals surface area contributed by atoms with Gasteiger partial charge in [0.2, 0.25) is 0 Å². The number of aliphatic hydroxyl groups is 1. The van der Waals surface area contributed by atoms with Crippen LogP contribution in [0.3, 0.4) is 0 Å². The first-order chi connectivity index (χ1) is 6.77. The van der Waals surface area contributed by atoms with Gasteiger partial charge in [-0.3, -0.25) is 0 Å². The van der Waals surface area contributed by atoms with E-state index in [1.165, 1.54) is 19.3 Å². The highest BCUT2D eigenvalue weighted by Crippen LogP contribution is 2.38. The van der Waals surface area contributed by atoms with Crippen LogP contribution in [0.5, 0.6) is 0 Å². The molecule has 1 saturated carbocycles. The molecule has 0 aliphatic heterocycles. The molecular weight excluding hydrogens is 172 g/mol. The molecule has 2 rings (SSSR count). The first kappa shape index (κ1) is 9.72. The molecule has 1 fully saturated rings. The topological polar surface area (TPSA) is 20.2 Å². The SMILES string of the molecule is CC1CCC(C(O)c2ccccc2)C1. The number of aliphatic hydroxyl groups excluding tert-OH is 1. The average Bonchev–Trinajstić information content (AvgIpc) is 2.65. The van der Waals surface area contributed by atoms with E-state index in [9.17, 15) is 5.11 Å². The van der Waals surface area contributed by atoms with Gasteiger partial charge in [-0.15, -0.1) is 0 Å². The summed E-state index contributed by atoms with van der Waals surface area (Å²) in [4.78, 5) is 0. The Morgan fingerprint density at radius 2 is 1.93 bits per heavy atom. The van der Waals surface area contributed by atoms with Gasteiger partial charge in [0.15, 0.2) is 0 Å². The van der Waals surface area contributed by atoms with Crippen LogP contribution in [0.2, 0.25) is 0 Å². The molecule has 0 aromatic heterocycles. The van der Waals surface area contributed by atoms with Crippen LogP contribution in [-0.2, 0) is 0 Å². The summed E-state index contributed by atoms with van der Waals surface area (Å²) in [5.74, 6) is 1.27. The highest BCUT2D eigenvalue weighted by Gasteiger charge is 2.28. The molecule has 1 aliphatic carbocycles. The second kappa shape index (κ2) is 4.14. The molecule has 0 spiro atoms. The van der Waals surface area contributed by atoms with Crippen LogP contribution in [0.25, 0.3) is 0 Å². The first-order valence-electron chi connectivity index (χ1n) is 5.50. The minimum Gasteiger partial charge on any atom is -0.388 e. The Balaban J connectivity index is 2.05. The molecule has 0 amide bonds. The summed E-state index contributed by atoms with van der Waals surface area (Å²) in [5.41, 5.74) is 1.08. The predicted octanol–water partition coefficient (Wildman–Crippen LogP) is 3.16. The van der Waals surface area contributed by atoms with Crippen molar-refractivity contribution in [1.29, 1.82) is 0 Å². The van der Waals surface area contributed by atoms with Gasteiger partial charge >= 0.3 is 0 Å². The minimum atomic E-state index is -0.249. The number of hydrogen-bond acceptors (Lipinski definition) is 1. The van der Waals surface area contributed by atoms with Gasteiger partial charge in [0, 0.05) is 0 Å². The third-order valence-electron chi connectivity index (χ3n) is 3.32. The van der Waals surface area contributed by atoms with E-state index in [2.05, 4.69) is 6.92 Å². The normalized spacial score (nSPS) is 29.0. The van der Waals surface area contributed by atoms with Crippen LogP contribution in [0.1, 0.15) is 37.9 Å². The molecule has 3 unspecified atom stereocenters. The number of benzene rings is 1. The number of rotatable bonds is 2. The van der Waals surface area contributed by atoms with E-state index in [0.717, 1.165) is 11.5 Å². The smallest absolute Gasteiger partial charge is 0.0818 e. The third-order valence-corrected chi connectivity index (χ3v) is 3.32. The summed E-state index contributed by atoms with van der Waals surface area (Å²) < 4.78 is 0. The standard InChI is InChI=1S/C13H18O/c1-10-7-8-12(9-10)13(14)11-5-3-2-4-6-11/h2-6,10,12-14H,7-9H2,1H3. The molecular formula is C13H18O. The summed E-state index contributed by atoms with van der Waals surface area (Å²) in [7, 11) is 0. The van der Waals surface area contributed by atoms with Crippen molar-refractivity contribution in [1.82, 2.24) is 0 Å². The zero-order chi connectivity index (χ0) is 9.97. The summed E-state index contributed by atoms with van der Waals surface area (Å²) >= 11 is 0. The highest BCUT2D eigenvalue weighted by molar-refractivity contribution is 5.18. The maximum atomic E-state index is 10.1. The van der Waals surface area contributed by atoms with Crippen LogP contribution in [0.4, 0.5) is 0 Å². The van der Waals surface area contributed by atoms with E-state index >= 15 is 0 Å². The van der Waals surface area contributed by atoms with E-state index < -0.39 is 0 Å². The second-order valence-electron chi connectivity index (χ2n) is 4.53. The molecule has 3 atom stereocenters. The van der Waals surface area contributed by atoms with Crippen LogP contribution < -0.4 is 0 Å². The Morgan fingerprint density at radius 3 is 2.50 bits per heavy atom. The Hall–Kier alpha value is -0.820. The van der Waals surface area contributed by atoms with E-state index in [-0.39, 0.29) is 6.10 Å². The molecule has 1 aromatic rings. The molecule has 0 bridgehead atoms. The predicted molar refractivity (Wildman–Crippen MR) is 57.9 cm³/mol. The highest BCUT2D eigenvalue weighted by atomic mass is 16.3. The Kier molecular flexibility index (Phi) is 2.87. The lowest BCUT2D eigenvalue weighted by atomic mass is 9.94. The zero-order valence-corrected chi connectivity index (χ0v) is 8.69. The van der Waals surface area contributed by atoms with Gasteiger partial charge < -0.3 is 5.11 Å². The first-order valence-corrected chi connectivity index (χ1v) is 5.50. The fourth-order valence-electron chi connectivity index (χ4n) is 2.46. The molecule has 1 heteroatoms. The second-order valence-corrected chi connectivity index (χ2v) is 4.53. The van der Waals surface area contributed by atoms with Gasteiger partial charge in [-0.05, 0) is 30.2 Å². The summed E-state index contributed by atoms with van der Waals surface area (Å²) in [6, 6.07) is 10.0. The molecule has 1 aliphatic rings. The fourth-order valence-corrected chi connectivity index (χ4v) is 2.46. The summed E-state index contributed by atoms with van der Waals surface area (Å²) in [6.07, 6.45) is 3.38. The van der Waals surface area contributed by atoms with Gasteiger partial charge in [-0.2, -0.15) is 0 Å².